The van der Waals surface area contributed by atoms with Gasteiger partial charge in [0.05, 0.1) is 0 Å². The largest absolute Gasteiger partial charge is 0.479 e. The molecule has 1 saturated heterocycles. The summed E-state index contributed by atoms with van der Waals surface area (Å²) in [5.74, 6) is -0.814. The molecule has 21 heavy (non-hydrogen) atoms. The molecule has 2 fully saturated rings. The summed E-state index contributed by atoms with van der Waals surface area (Å²) in [6.07, 6.45) is 4.20. The number of carboxylic acids is 1. The highest BCUT2D eigenvalue weighted by atomic mass is 16.5. The maximum atomic E-state index is 12.1. The minimum absolute atomic E-state index is 0.00185. The van der Waals surface area contributed by atoms with E-state index in [0.717, 1.165) is 12.0 Å². The minimum atomic E-state index is -0.951. The van der Waals surface area contributed by atoms with E-state index >= 15 is 0 Å². The molecule has 3 rings (SSSR count). The number of nitrogens with one attached hydrogen (secondary N) is 1. The number of ether oxygens (including phenoxy) is 1. The van der Waals surface area contributed by atoms with Crippen LogP contribution in [0.5, 0.6) is 0 Å². The van der Waals surface area contributed by atoms with E-state index in [9.17, 15) is 9.59 Å². The Morgan fingerprint density at radius 3 is 2.86 bits per heavy atom. The zero-order valence-corrected chi connectivity index (χ0v) is 11.6. The summed E-state index contributed by atoms with van der Waals surface area (Å²) in [6, 6.07) is 3.87. The van der Waals surface area contributed by atoms with E-state index in [4.69, 9.17) is 9.84 Å². The van der Waals surface area contributed by atoms with Crippen LogP contribution in [0.4, 0.5) is 0 Å². The van der Waals surface area contributed by atoms with E-state index < -0.39 is 12.1 Å². The van der Waals surface area contributed by atoms with Crippen LogP contribution in [0.15, 0.2) is 24.5 Å². The summed E-state index contributed by atoms with van der Waals surface area (Å²) in [5.41, 5.74) is 1.14. The summed E-state index contributed by atoms with van der Waals surface area (Å²) in [5, 5.41) is 11.9. The molecular formula is C15H18N2O4. The maximum absolute atomic E-state index is 12.1. The molecule has 0 unspecified atom stereocenters. The fourth-order valence-electron chi connectivity index (χ4n) is 2.94. The number of amides is 1. The van der Waals surface area contributed by atoms with Crippen molar-refractivity contribution in [3.63, 3.8) is 0 Å². The lowest BCUT2D eigenvalue weighted by atomic mass is 10.0. The van der Waals surface area contributed by atoms with Gasteiger partial charge in [0.15, 0.2) is 6.10 Å². The molecule has 0 spiro atoms. The average molecular weight is 290 g/mol. The molecule has 2 heterocycles. The van der Waals surface area contributed by atoms with Crippen LogP contribution < -0.4 is 5.32 Å². The van der Waals surface area contributed by atoms with Crippen molar-refractivity contribution in [3.8, 4) is 0 Å². The Balaban J connectivity index is 1.49. The first-order valence-electron chi connectivity index (χ1n) is 7.19. The molecule has 0 bridgehead atoms. The zero-order valence-electron chi connectivity index (χ0n) is 11.6. The lowest BCUT2D eigenvalue weighted by molar-refractivity contribution is -0.149. The van der Waals surface area contributed by atoms with Crippen molar-refractivity contribution in [2.75, 3.05) is 13.2 Å². The second-order valence-electron chi connectivity index (χ2n) is 5.65. The average Bonchev–Trinajstić information content (AvgIpc) is 3.15. The molecule has 2 N–H and O–H groups in total. The van der Waals surface area contributed by atoms with Crippen LogP contribution in [0.1, 0.15) is 24.3 Å². The van der Waals surface area contributed by atoms with Crippen LogP contribution in [0.3, 0.4) is 0 Å². The molecule has 1 saturated carbocycles. The molecule has 112 valence electrons. The fourth-order valence-corrected chi connectivity index (χ4v) is 2.94. The number of hydrogen-bond acceptors (Lipinski definition) is 4. The molecule has 1 amide bonds. The smallest absolute Gasteiger partial charge is 0.333 e. The number of carbonyl (C=O) groups excluding carboxylic acids is 1. The summed E-state index contributed by atoms with van der Waals surface area (Å²) < 4.78 is 5.17. The second kappa shape index (κ2) is 5.81. The van der Waals surface area contributed by atoms with Crippen molar-refractivity contribution in [1.82, 2.24) is 10.3 Å². The van der Waals surface area contributed by atoms with Gasteiger partial charge in [-0.05, 0) is 36.5 Å². The normalized spacial score (nSPS) is 30.9. The van der Waals surface area contributed by atoms with E-state index in [1.165, 1.54) is 0 Å². The van der Waals surface area contributed by atoms with Gasteiger partial charge in [-0.1, -0.05) is 0 Å². The highest BCUT2D eigenvalue weighted by Crippen LogP contribution is 2.47. The number of aromatic nitrogens is 1. The van der Waals surface area contributed by atoms with Gasteiger partial charge < -0.3 is 15.2 Å². The van der Waals surface area contributed by atoms with Gasteiger partial charge in [-0.3, -0.25) is 9.78 Å². The number of hydrogen-bond donors (Lipinski definition) is 2. The van der Waals surface area contributed by atoms with Crippen LogP contribution in [-0.4, -0.2) is 41.2 Å². The van der Waals surface area contributed by atoms with Crippen molar-refractivity contribution >= 4 is 11.9 Å². The number of pyridine rings is 1. The Morgan fingerprint density at radius 1 is 1.38 bits per heavy atom. The molecule has 2 aliphatic rings. The summed E-state index contributed by atoms with van der Waals surface area (Å²) in [7, 11) is 0. The van der Waals surface area contributed by atoms with Crippen LogP contribution in [0, 0.1) is 11.8 Å². The van der Waals surface area contributed by atoms with Crippen molar-refractivity contribution in [1.29, 1.82) is 0 Å². The minimum Gasteiger partial charge on any atom is -0.479 e. The number of nitrogens with zero attached hydrogens (tertiary/aromatic N) is 1. The topological polar surface area (TPSA) is 88.5 Å². The highest BCUT2D eigenvalue weighted by molar-refractivity contribution is 5.83. The van der Waals surface area contributed by atoms with Gasteiger partial charge in [0, 0.05) is 37.4 Å². The van der Waals surface area contributed by atoms with Gasteiger partial charge >= 0.3 is 5.97 Å². The van der Waals surface area contributed by atoms with Crippen molar-refractivity contribution in [2.45, 2.75) is 24.9 Å². The predicted molar refractivity (Wildman–Crippen MR) is 73.6 cm³/mol. The SMILES string of the molecule is O=C(NC[C@H]1CCO[C@H]1C(=O)O)[C@@H]1C[C@H]1c1ccncc1. The Bertz CT molecular complexity index is 534. The molecule has 1 aliphatic heterocycles. The Kier molecular flexibility index (Phi) is 3.88. The Morgan fingerprint density at radius 2 is 2.14 bits per heavy atom. The standard InChI is InChI=1S/C15H18N2O4/c18-14(12-7-11(12)9-1-4-16-5-2-9)17-8-10-3-6-21-13(10)15(19)20/h1-2,4-5,10-13H,3,6-8H2,(H,17,18)(H,19,20)/t10-,11+,12-,13-/m1/s1. The molecule has 6 heteroatoms. The summed E-state index contributed by atoms with van der Waals surface area (Å²) >= 11 is 0. The van der Waals surface area contributed by atoms with E-state index in [-0.39, 0.29) is 23.7 Å². The molecule has 0 aromatic carbocycles. The molecule has 1 aromatic heterocycles. The quantitative estimate of drug-likeness (QED) is 0.837. The van der Waals surface area contributed by atoms with Crippen LogP contribution in [0.25, 0.3) is 0 Å². The third-order valence-corrected chi connectivity index (χ3v) is 4.26. The Labute approximate surface area is 122 Å². The van der Waals surface area contributed by atoms with Crippen molar-refractivity contribution in [3.05, 3.63) is 30.1 Å². The first kappa shape index (κ1) is 14.0. The lowest BCUT2D eigenvalue weighted by Crippen LogP contribution is -2.37. The highest BCUT2D eigenvalue weighted by Gasteiger charge is 2.44. The van der Waals surface area contributed by atoms with E-state index in [1.54, 1.807) is 12.4 Å². The van der Waals surface area contributed by atoms with Crippen LogP contribution in [0.2, 0.25) is 0 Å². The third-order valence-electron chi connectivity index (χ3n) is 4.26. The van der Waals surface area contributed by atoms with E-state index in [1.807, 2.05) is 12.1 Å². The van der Waals surface area contributed by atoms with E-state index in [2.05, 4.69) is 10.3 Å². The molecule has 1 aliphatic carbocycles. The van der Waals surface area contributed by atoms with Gasteiger partial charge in [-0.2, -0.15) is 0 Å². The van der Waals surface area contributed by atoms with E-state index in [0.29, 0.717) is 19.6 Å². The van der Waals surface area contributed by atoms with Crippen LogP contribution >= 0.6 is 0 Å². The lowest BCUT2D eigenvalue weighted by Gasteiger charge is -2.15. The number of rotatable bonds is 5. The molecule has 1 aromatic rings. The predicted octanol–water partition coefficient (Wildman–Crippen LogP) is 0.791. The zero-order chi connectivity index (χ0) is 14.8. The van der Waals surface area contributed by atoms with Crippen molar-refractivity contribution in [2.24, 2.45) is 11.8 Å². The molecule has 0 radical (unpaired) electrons. The number of carbonyl (C=O) groups is 2. The summed E-state index contributed by atoms with van der Waals surface area (Å²) in [6.45, 7) is 0.815. The van der Waals surface area contributed by atoms with Gasteiger partial charge in [-0.15, -0.1) is 0 Å². The van der Waals surface area contributed by atoms with Gasteiger partial charge in [0.25, 0.3) is 0 Å². The van der Waals surface area contributed by atoms with Gasteiger partial charge in [0.2, 0.25) is 5.91 Å². The first-order chi connectivity index (χ1) is 10.2. The Hall–Kier alpha value is -1.95. The van der Waals surface area contributed by atoms with Gasteiger partial charge in [0.1, 0.15) is 0 Å². The number of carboxylic acid groups (broad SMARTS) is 1. The molecule has 6 nitrogen and oxygen atoms in total. The monoisotopic (exact) mass is 290 g/mol. The number of aliphatic carboxylic acids is 1. The third kappa shape index (κ3) is 3.05. The van der Waals surface area contributed by atoms with Crippen LogP contribution in [-0.2, 0) is 14.3 Å². The molecule has 4 atom stereocenters. The summed E-state index contributed by atoms with van der Waals surface area (Å²) in [4.78, 5) is 27.1. The van der Waals surface area contributed by atoms with Gasteiger partial charge in [-0.25, -0.2) is 4.79 Å². The first-order valence-corrected chi connectivity index (χ1v) is 7.19. The second-order valence-corrected chi connectivity index (χ2v) is 5.65. The maximum Gasteiger partial charge on any atom is 0.333 e. The van der Waals surface area contributed by atoms with Crippen molar-refractivity contribution < 1.29 is 19.4 Å². The fraction of sp³-hybridized carbons (Fsp3) is 0.533. The molecular weight excluding hydrogens is 272 g/mol.